The number of ether oxygens (including phenoxy) is 1. The third-order valence-electron chi connectivity index (χ3n) is 4.74. The SMILES string of the molecule is Cc1ccc2c(c1)c(N=O)c(O)n2Cc1cc(F)cc2c1CCOC2. The summed E-state index contributed by atoms with van der Waals surface area (Å²) in [5.74, 6) is -0.527. The van der Waals surface area contributed by atoms with Gasteiger partial charge in [0.1, 0.15) is 5.82 Å². The predicted molar refractivity (Wildman–Crippen MR) is 92.7 cm³/mol. The number of nitrogens with zero attached hydrogens (tertiary/aromatic N) is 2. The maximum Gasteiger partial charge on any atom is 0.222 e. The van der Waals surface area contributed by atoms with Crippen LogP contribution >= 0.6 is 0 Å². The summed E-state index contributed by atoms with van der Waals surface area (Å²) in [6.07, 6.45) is 0.697. The minimum absolute atomic E-state index is 0.0207. The molecule has 25 heavy (non-hydrogen) atoms. The fraction of sp³-hybridized carbons (Fsp3) is 0.263. The number of aromatic nitrogens is 1. The van der Waals surface area contributed by atoms with E-state index in [0.29, 0.717) is 30.5 Å². The van der Waals surface area contributed by atoms with Crippen molar-refractivity contribution in [1.82, 2.24) is 4.57 Å². The molecule has 0 radical (unpaired) electrons. The van der Waals surface area contributed by atoms with E-state index < -0.39 is 0 Å². The minimum Gasteiger partial charge on any atom is -0.493 e. The van der Waals surface area contributed by atoms with Crippen molar-refractivity contribution < 1.29 is 14.2 Å². The first-order valence-corrected chi connectivity index (χ1v) is 8.11. The summed E-state index contributed by atoms with van der Waals surface area (Å²) in [7, 11) is 0. The van der Waals surface area contributed by atoms with E-state index in [0.717, 1.165) is 22.3 Å². The molecule has 2 aromatic carbocycles. The van der Waals surface area contributed by atoms with Gasteiger partial charge >= 0.3 is 0 Å². The Bertz CT molecular complexity index is 994. The summed E-state index contributed by atoms with van der Waals surface area (Å²) in [6, 6.07) is 8.54. The van der Waals surface area contributed by atoms with Gasteiger partial charge in [-0.1, -0.05) is 11.6 Å². The Morgan fingerprint density at radius 1 is 1.32 bits per heavy atom. The molecule has 1 aliphatic heterocycles. The molecule has 1 aliphatic rings. The number of rotatable bonds is 3. The molecule has 0 atom stereocenters. The average molecular weight is 340 g/mol. The summed E-state index contributed by atoms with van der Waals surface area (Å²) in [5.41, 5.74) is 4.34. The monoisotopic (exact) mass is 340 g/mol. The van der Waals surface area contributed by atoms with Crippen molar-refractivity contribution in [1.29, 1.82) is 0 Å². The van der Waals surface area contributed by atoms with Gasteiger partial charge in [-0.2, -0.15) is 0 Å². The highest BCUT2D eigenvalue weighted by atomic mass is 19.1. The quantitative estimate of drug-likeness (QED) is 0.723. The summed E-state index contributed by atoms with van der Waals surface area (Å²) in [4.78, 5) is 11.2. The molecule has 0 saturated heterocycles. The van der Waals surface area contributed by atoms with Gasteiger partial charge in [-0.25, -0.2) is 4.39 Å². The Kier molecular flexibility index (Phi) is 3.77. The summed E-state index contributed by atoms with van der Waals surface area (Å²) in [6.45, 7) is 3.15. The van der Waals surface area contributed by atoms with Crippen LogP contribution in [0.4, 0.5) is 10.1 Å². The van der Waals surface area contributed by atoms with Crippen molar-refractivity contribution in [2.24, 2.45) is 5.18 Å². The van der Waals surface area contributed by atoms with Gasteiger partial charge in [0.15, 0.2) is 5.69 Å². The Balaban J connectivity index is 1.89. The highest BCUT2D eigenvalue weighted by Crippen LogP contribution is 2.39. The van der Waals surface area contributed by atoms with Crippen molar-refractivity contribution in [2.45, 2.75) is 26.5 Å². The van der Waals surface area contributed by atoms with Crippen LogP contribution in [0.25, 0.3) is 10.9 Å². The van der Waals surface area contributed by atoms with E-state index in [1.807, 2.05) is 25.1 Å². The van der Waals surface area contributed by atoms with E-state index in [2.05, 4.69) is 5.18 Å². The van der Waals surface area contributed by atoms with Gasteiger partial charge in [0.05, 0.1) is 25.3 Å². The molecule has 2 heterocycles. The minimum atomic E-state index is -0.334. The highest BCUT2D eigenvalue weighted by molar-refractivity contribution is 5.95. The number of aryl methyl sites for hydroxylation is 1. The van der Waals surface area contributed by atoms with Gasteiger partial charge in [0, 0.05) is 5.39 Å². The molecule has 4 rings (SSSR count). The molecule has 0 aliphatic carbocycles. The molecule has 128 valence electrons. The van der Waals surface area contributed by atoms with E-state index >= 15 is 0 Å². The molecule has 3 aromatic rings. The zero-order chi connectivity index (χ0) is 17.6. The van der Waals surface area contributed by atoms with E-state index in [4.69, 9.17) is 4.74 Å². The molecule has 6 heteroatoms. The zero-order valence-corrected chi connectivity index (χ0v) is 13.8. The third kappa shape index (κ3) is 2.59. The van der Waals surface area contributed by atoms with Crippen LogP contribution in [0, 0.1) is 17.6 Å². The standard InChI is InChI=1S/C19H17FN2O3/c1-11-2-3-17-16(6-11)18(21-24)19(23)22(17)9-12-7-14(20)8-13-10-25-5-4-15(12)13/h2-3,6-8,23H,4-5,9-10H2,1H3. The van der Waals surface area contributed by atoms with E-state index in [1.54, 1.807) is 4.57 Å². The number of fused-ring (bicyclic) bond motifs is 2. The van der Waals surface area contributed by atoms with Gasteiger partial charge in [-0.15, -0.1) is 4.91 Å². The summed E-state index contributed by atoms with van der Waals surface area (Å²) >= 11 is 0. The van der Waals surface area contributed by atoms with Crippen LogP contribution < -0.4 is 0 Å². The first-order valence-electron chi connectivity index (χ1n) is 8.11. The zero-order valence-electron chi connectivity index (χ0n) is 13.8. The van der Waals surface area contributed by atoms with E-state index in [1.165, 1.54) is 12.1 Å². The maximum absolute atomic E-state index is 14.0. The lowest BCUT2D eigenvalue weighted by molar-refractivity contribution is 0.110. The summed E-state index contributed by atoms with van der Waals surface area (Å²) in [5, 5.41) is 14.1. The lowest BCUT2D eigenvalue weighted by Gasteiger charge is -2.21. The lowest BCUT2D eigenvalue weighted by Crippen LogP contribution is -2.14. The average Bonchev–Trinajstić information content (AvgIpc) is 2.85. The molecular formula is C19H17FN2O3. The van der Waals surface area contributed by atoms with Crippen molar-refractivity contribution in [2.75, 3.05) is 6.61 Å². The molecule has 1 N–H and O–H groups in total. The topological polar surface area (TPSA) is 63.8 Å². The Labute approximate surface area is 143 Å². The molecule has 1 aromatic heterocycles. The fourth-order valence-corrected chi connectivity index (χ4v) is 3.56. The van der Waals surface area contributed by atoms with Crippen molar-refractivity contribution in [3.05, 3.63) is 63.3 Å². The molecule has 0 spiro atoms. The van der Waals surface area contributed by atoms with Crippen LogP contribution in [0.15, 0.2) is 35.5 Å². The fourth-order valence-electron chi connectivity index (χ4n) is 3.56. The van der Waals surface area contributed by atoms with E-state index in [-0.39, 0.29) is 23.9 Å². The summed E-state index contributed by atoms with van der Waals surface area (Å²) < 4.78 is 21.0. The van der Waals surface area contributed by atoms with Gasteiger partial charge in [-0.3, -0.25) is 0 Å². The molecule has 0 unspecified atom stereocenters. The largest absolute Gasteiger partial charge is 0.493 e. The number of aromatic hydroxyl groups is 1. The number of hydrogen-bond acceptors (Lipinski definition) is 4. The molecule has 0 fully saturated rings. The first-order chi connectivity index (χ1) is 12.1. The lowest BCUT2D eigenvalue weighted by atomic mass is 9.96. The third-order valence-corrected chi connectivity index (χ3v) is 4.74. The molecule has 0 bridgehead atoms. The molecule has 0 amide bonds. The second-order valence-electron chi connectivity index (χ2n) is 6.38. The van der Waals surface area contributed by atoms with Gasteiger partial charge in [0.25, 0.3) is 0 Å². The Morgan fingerprint density at radius 2 is 2.16 bits per heavy atom. The molecular weight excluding hydrogens is 323 g/mol. The van der Waals surface area contributed by atoms with Gasteiger partial charge < -0.3 is 14.4 Å². The van der Waals surface area contributed by atoms with E-state index in [9.17, 15) is 14.4 Å². The second kappa shape index (κ2) is 5.97. The highest BCUT2D eigenvalue weighted by Gasteiger charge is 2.21. The number of benzene rings is 2. The molecule has 0 saturated carbocycles. The Morgan fingerprint density at radius 3 is 2.96 bits per heavy atom. The second-order valence-corrected chi connectivity index (χ2v) is 6.38. The van der Waals surface area contributed by atoms with Crippen LogP contribution in [0.1, 0.15) is 22.3 Å². The number of hydrogen-bond donors (Lipinski definition) is 1. The van der Waals surface area contributed by atoms with Crippen LogP contribution in [0.5, 0.6) is 5.88 Å². The van der Waals surface area contributed by atoms with Crippen LogP contribution in [-0.4, -0.2) is 16.3 Å². The normalized spacial score (nSPS) is 13.8. The molecule has 5 nitrogen and oxygen atoms in total. The van der Waals surface area contributed by atoms with Crippen molar-refractivity contribution >= 4 is 16.6 Å². The maximum atomic E-state index is 14.0. The number of halogens is 1. The number of nitroso groups, excluding NO2 is 1. The first kappa shape index (κ1) is 15.8. The van der Waals surface area contributed by atoms with Gasteiger partial charge in [0.2, 0.25) is 5.88 Å². The van der Waals surface area contributed by atoms with Gasteiger partial charge in [-0.05, 0) is 59.5 Å². The van der Waals surface area contributed by atoms with Crippen molar-refractivity contribution in [3.8, 4) is 5.88 Å². The van der Waals surface area contributed by atoms with Crippen LogP contribution in [-0.2, 0) is 24.3 Å². The predicted octanol–water partition coefficient (Wildman–Crippen LogP) is 4.31. The van der Waals surface area contributed by atoms with Crippen LogP contribution in [0.3, 0.4) is 0 Å². The smallest absolute Gasteiger partial charge is 0.222 e. The Hall–Kier alpha value is -2.73. The van der Waals surface area contributed by atoms with Crippen LogP contribution in [0.2, 0.25) is 0 Å². The van der Waals surface area contributed by atoms with Crippen molar-refractivity contribution in [3.63, 3.8) is 0 Å².